The number of amides is 1. The summed E-state index contributed by atoms with van der Waals surface area (Å²) in [5.74, 6) is 0. The van der Waals surface area contributed by atoms with E-state index >= 15 is 0 Å². The van der Waals surface area contributed by atoms with Gasteiger partial charge in [-0.3, -0.25) is 4.98 Å². The van der Waals surface area contributed by atoms with Gasteiger partial charge in [0.15, 0.2) is 0 Å². The van der Waals surface area contributed by atoms with Crippen molar-refractivity contribution in [1.82, 2.24) is 15.2 Å². The largest absolute Gasteiger partial charge is 0.444 e. The molecule has 1 aromatic heterocycles. The number of carbonyl (C=O) groups is 1. The van der Waals surface area contributed by atoms with E-state index in [1.165, 1.54) is 0 Å². The summed E-state index contributed by atoms with van der Waals surface area (Å²) in [6, 6.07) is 4.42. The van der Waals surface area contributed by atoms with Gasteiger partial charge in [0.2, 0.25) is 0 Å². The fourth-order valence-corrected chi connectivity index (χ4v) is 2.84. The number of likely N-dealkylation sites (tertiary alicyclic amines) is 1. The second-order valence-corrected chi connectivity index (χ2v) is 7.24. The van der Waals surface area contributed by atoms with Crippen molar-refractivity contribution in [3.05, 3.63) is 30.1 Å². The van der Waals surface area contributed by atoms with Gasteiger partial charge in [-0.2, -0.15) is 0 Å². The lowest BCUT2D eigenvalue weighted by Gasteiger charge is -2.37. The van der Waals surface area contributed by atoms with Crippen molar-refractivity contribution in [3.63, 3.8) is 0 Å². The normalized spacial score (nSPS) is 20.2. The Morgan fingerprint density at radius 1 is 1.48 bits per heavy atom. The van der Waals surface area contributed by atoms with Crippen molar-refractivity contribution in [2.24, 2.45) is 0 Å². The zero-order valence-electron chi connectivity index (χ0n) is 14.7. The van der Waals surface area contributed by atoms with Gasteiger partial charge in [0, 0.05) is 37.6 Å². The minimum absolute atomic E-state index is 0.192. The average Bonchev–Trinajstić information content (AvgIpc) is 2.52. The molecule has 2 heterocycles. The van der Waals surface area contributed by atoms with Gasteiger partial charge >= 0.3 is 6.09 Å². The number of nitrogens with zero attached hydrogens (tertiary/aromatic N) is 2. The number of ether oxygens (including phenoxy) is 1. The summed E-state index contributed by atoms with van der Waals surface area (Å²) in [6.45, 7) is 9.40. The van der Waals surface area contributed by atoms with Gasteiger partial charge in [0.05, 0.1) is 0 Å². The monoisotopic (exact) mass is 319 g/mol. The Morgan fingerprint density at radius 3 is 2.91 bits per heavy atom. The third-order valence-electron chi connectivity index (χ3n) is 4.10. The minimum atomic E-state index is -0.449. The van der Waals surface area contributed by atoms with E-state index in [0.717, 1.165) is 37.9 Å². The predicted octanol–water partition coefficient (Wildman–Crippen LogP) is 3.52. The molecule has 0 aliphatic carbocycles. The van der Waals surface area contributed by atoms with Crippen LogP contribution >= 0.6 is 0 Å². The van der Waals surface area contributed by atoms with E-state index in [-0.39, 0.29) is 18.2 Å². The van der Waals surface area contributed by atoms with Gasteiger partial charge in [-0.15, -0.1) is 0 Å². The number of pyridine rings is 1. The molecule has 0 aromatic carbocycles. The Balaban J connectivity index is 1.92. The van der Waals surface area contributed by atoms with E-state index in [1.807, 2.05) is 37.9 Å². The molecule has 1 amide bonds. The highest BCUT2D eigenvalue weighted by Gasteiger charge is 2.30. The Hall–Kier alpha value is -1.62. The quantitative estimate of drug-likeness (QED) is 0.922. The standard InChI is InChI=1S/C18H29N3O2/c1-14(15-8-7-10-19-12-15)20-13-16-9-5-6-11-21(16)17(22)23-18(2,3)4/h7-8,10,12,14,16,20H,5-6,9,11,13H2,1-4H3/t14-,16?/m0/s1. The molecule has 2 rings (SSSR count). The lowest BCUT2D eigenvalue weighted by molar-refractivity contribution is 0.00970. The zero-order chi connectivity index (χ0) is 16.9. The molecule has 1 saturated heterocycles. The van der Waals surface area contributed by atoms with Gasteiger partial charge < -0.3 is 15.0 Å². The van der Waals surface area contributed by atoms with Crippen LogP contribution < -0.4 is 5.32 Å². The predicted molar refractivity (Wildman–Crippen MR) is 91.2 cm³/mol. The first-order chi connectivity index (χ1) is 10.9. The molecular formula is C18H29N3O2. The summed E-state index contributed by atoms with van der Waals surface area (Å²) >= 11 is 0. The Morgan fingerprint density at radius 2 is 2.26 bits per heavy atom. The molecule has 1 fully saturated rings. The molecule has 23 heavy (non-hydrogen) atoms. The van der Waals surface area contributed by atoms with Crippen LogP contribution in [0, 0.1) is 0 Å². The second kappa shape index (κ2) is 7.77. The summed E-state index contributed by atoms with van der Waals surface area (Å²) < 4.78 is 5.55. The highest BCUT2D eigenvalue weighted by atomic mass is 16.6. The van der Waals surface area contributed by atoms with Gasteiger partial charge in [-0.1, -0.05) is 6.07 Å². The number of hydrogen-bond donors (Lipinski definition) is 1. The van der Waals surface area contributed by atoms with Crippen molar-refractivity contribution in [1.29, 1.82) is 0 Å². The molecule has 1 N–H and O–H groups in total. The fourth-order valence-electron chi connectivity index (χ4n) is 2.84. The van der Waals surface area contributed by atoms with Crippen molar-refractivity contribution in [2.75, 3.05) is 13.1 Å². The molecule has 1 aliphatic heterocycles. The zero-order valence-corrected chi connectivity index (χ0v) is 14.7. The molecule has 2 atom stereocenters. The maximum atomic E-state index is 12.4. The summed E-state index contributed by atoms with van der Waals surface area (Å²) in [4.78, 5) is 18.5. The van der Waals surface area contributed by atoms with Crippen LogP contribution in [0.15, 0.2) is 24.5 Å². The SMILES string of the molecule is C[C@H](NCC1CCCCN1C(=O)OC(C)(C)C)c1cccnc1. The molecule has 1 aromatic rings. The van der Waals surface area contributed by atoms with E-state index < -0.39 is 5.60 Å². The molecule has 1 aliphatic rings. The molecule has 1 unspecified atom stereocenters. The lowest BCUT2D eigenvalue weighted by Crippen LogP contribution is -2.50. The van der Waals surface area contributed by atoms with Crippen LogP contribution in [-0.4, -0.2) is 40.7 Å². The van der Waals surface area contributed by atoms with E-state index in [4.69, 9.17) is 4.74 Å². The highest BCUT2D eigenvalue weighted by Crippen LogP contribution is 2.21. The van der Waals surface area contributed by atoms with Crippen molar-refractivity contribution in [3.8, 4) is 0 Å². The van der Waals surface area contributed by atoms with E-state index in [2.05, 4.69) is 23.3 Å². The van der Waals surface area contributed by atoms with Crippen molar-refractivity contribution >= 4 is 6.09 Å². The van der Waals surface area contributed by atoms with Crippen LogP contribution in [0.3, 0.4) is 0 Å². The first-order valence-corrected chi connectivity index (χ1v) is 8.50. The van der Waals surface area contributed by atoms with Crippen LogP contribution in [0.1, 0.15) is 58.6 Å². The Labute approximate surface area is 139 Å². The smallest absolute Gasteiger partial charge is 0.410 e. The second-order valence-electron chi connectivity index (χ2n) is 7.24. The molecule has 0 spiro atoms. The topological polar surface area (TPSA) is 54.5 Å². The van der Waals surface area contributed by atoms with Gasteiger partial charge in [0.25, 0.3) is 0 Å². The number of hydrogen-bond acceptors (Lipinski definition) is 4. The summed E-state index contributed by atoms with van der Waals surface area (Å²) in [5.41, 5.74) is 0.710. The van der Waals surface area contributed by atoms with E-state index in [1.54, 1.807) is 6.20 Å². The van der Waals surface area contributed by atoms with E-state index in [0.29, 0.717) is 0 Å². The van der Waals surface area contributed by atoms with Gasteiger partial charge in [0.1, 0.15) is 5.60 Å². The lowest BCUT2D eigenvalue weighted by atomic mass is 10.0. The average molecular weight is 319 g/mol. The molecule has 0 saturated carbocycles. The van der Waals surface area contributed by atoms with Crippen LogP contribution in [0.2, 0.25) is 0 Å². The van der Waals surface area contributed by atoms with E-state index in [9.17, 15) is 4.79 Å². The van der Waals surface area contributed by atoms with Crippen LogP contribution in [0.25, 0.3) is 0 Å². The number of carbonyl (C=O) groups excluding carboxylic acids is 1. The van der Waals surface area contributed by atoms with Crippen molar-refractivity contribution in [2.45, 2.75) is 64.6 Å². The van der Waals surface area contributed by atoms with Gasteiger partial charge in [-0.05, 0) is 58.6 Å². The third kappa shape index (κ3) is 5.50. The minimum Gasteiger partial charge on any atom is -0.444 e. The summed E-state index contributed by atoms with van der Waals surface area (Å²) in [6.07, 6.45) is 6.69. The fraction of sp³-hybridized carbons (Fsp3) is 0.667. The maximum Gasteiger partial charge on any atom is 0.410 e. The van der Waals surface area contributed by atoms with Crippen LogP contribution in [-0.2, 0) is 4.74 Å². The Bertz CT molecular complexity index is 499. The first-order valence-electron chi connectivity index (χ1n) is 8.50. The number of rotatable bonds is 4. The number of nitrogens with one attached hydrogen (secondary N) is 1. The molecule has 128 valence electrons. The maximum absolute atomic E-state index is 12.4. The third-order valence-corrected chi connectivity index (χ3v) is 4.10. The van der Waals surface area contributed by atoms with Crippen LogP contribution in [0.4, 0.5) is 4.79 Å². The highest BCUT2D eigenvalue weighted by molar-refractivity contribution is 5.68. The first kappa shape index (κ1) is 17.7. The molecular weight excluding hydrogens is 290 g/mol. The number of aromatic nitrogens is 1. The van der Waals surface area contributed by atoms with Gasteiger partial charge in [-0.25, -0.2) is 4.79 Å². The van der Waals surface area contributed by atoms with Crippen molar-refractivity contribution < 1.29 is 9.53 Å². The number of piperidine rings is 1. The Kier molecular flexibility index (Phi) is 5.99. The molecule has 0 bridgehead atoms. The molecule has 5 nitrogen and oxygen atoms in total. The summed E-state index contributed by atoms with van der Waals surface area (Å²) in [7, 11) is 0. The molecule has 5 heteroatoms. The molecule has 0 radical (unpaired) electrons. The summed E-state index contributed by atoms with van der Waals surface area (Å²) in [5, 5.41) is 3.53. The van der Waals surface area contributed by atoms with Crippen LogP contribution in [0.5, 0.6) is 0 Å².